The Morgan fingerprint density at radius 2 is 1.96 bits per heavy atom. The fraction of sp³-hybridized carbons (Fsp3) is 0.565. The van der Waals surface area contributed by atoms with Gasteiger partial charge in [-0.25, -0.2) is 4.98 Å². The molecule has 1 aliphatic heterocycles. The second-order valence-corrected chi connectivity index (χ2v) is 9.17. The summed E-state index contributed by atoms with van der Waals surface area (Å²) in [7, 11) is 0. The van der Waals surface area contributed by atoms with Crippen LogP contribution in [0.3, 0.4) is 0 Å². The van der Waals surface area contributed by atoms with Crippen LogP contribution in [0.25, 0.3) is 11.4 Å². The van der Waals surface area contributed by atoms with Crippen molar-refractivity contribution in [3.8, 4) is 11.4 Å². The lowest BCUT2D eigenvalue weighted by atomic mass is 9.87. The molecular formula is C23H31N3O2. The van der Waals surface area contributed by atoms with E-state index in [0.29, 0.717) is 18.5 Å². The molecule has 1 saturated carbocycles. The van der Waals surface area contributed by atoms with Gasteiger partial charge in [0, 0.05) is 44.8 Å². The monoisotopic (exact) mass is 381 g/mol. The highest BCUT2D eigenvalue weighted by atomic mass is 16.3. The van der Waals surface area contributed by atoms with E-state index in [9.17, 15) is 9.90 Å². The Morgan fingerprint density at radius 3 is 2.64 bits per heavy atom. The minimum absolute atomic E-state index is 0.0893. The smallest absolute Gasteiger partial charge is 0.183 e. The molecule has 1 aliphatic carbocycles. The van der Waals surface area contributed by atoms with Gasteiger partial charge in [0.1, 0.15) is 11.5 Å². The van der Waals surface area contributed by atoms with E-state index in [1.807, 2.05) is 32.0 Å². The number of carbonyl (C=O) groups excluding carboxylic acids is 1. The summed E-state index contributed by atoms with van der Waals surface area (Å²) in [5.74, 6) is 1.85. The number of aliphatic hydroxyl groups is 1. The maximum Gasteiger partial charge on any atom is 0.183 e. The number of fused-ring (bicyclic) bond motifs is 1. The molecule has 4 rings (SSSR count). The quantitative estimate of drug-likeness (QED) is 0.708. The molecule has 150 valence electrons. The molecule has 2 heterocycles. The lowest BCUT2D eigenvalue weighted by Gasteiger charge is -2.29. The predicted molar refractivity (Wildman–Crippen MR) is 110 cm³/mol. The highest BCUT2D eigenvalue weighted by Crippen LogP contribution is 2.33. The maximum atomic E-state index is 13.1. The van der Waals surface area contributed by atoms with Crippen molar-refractivity contribution < 1.29 is 9.90 Å². The van der Waals surface area contributed by atoms with Gasteiger partial charge in [-0.15, -0.1) is 0 Å². The molecule has 5 heteroatoms. The Kier molecular flexibility index (Phi) is 5.39. The molecule has 0 radical (unpaired) electrons. The third kappa shape index (κ3) is 4.20. The Labute approximate surface area is 167 Å². The summed E-state index contributed by atoms with van der Waals surface area (Å²) < 4.78 is 2.25. The van der Waals surface area contributed by atoms with Crippen molar-refractivity contribution in [1.82, 2.24) is 14.5 Å². The van der Waals surface area contributed by atoms with Gasteiger partial charge in [0.2, 0.25) is 0 Å². The highest BCUT2D eigenvalue weighted by Gasteiger charge is 2.31. The van der Waals surface area contributed by atoms with E-state index in [1.165, 1.54) is 12.8 Å². The van der Waals surface area contributed by atoms with E-state index in [4.69, 9.17) is 4.98 Å². The summed E-state index contributed by atoms with van der Waals surface area (Å²) in [5.41, 5.74) is 2.52. The zero-order valence-electron chi connectivity index (χ0n) is 17.0. The normalized spacial score (nSPS) is 17.5. The molecule has 0 saturated heterocycles. The summed E-state index contributed by atoms with van der Waals surface area (Å²) in [6.45, 7) is 7.93. The maximum absolute atomic E-state index is 13.1. The first kappa shape index (κ1) is 19.3. The van der Waals surface area contributed by atoms with Crippen molar-refractivity contribution >= 4 is 5.78 Å². The molecule has 0 atom stereocenters. The summed E-state index contributed by atoms with van der Waals surface area (Å²) >= 11 is 0. The SMILES string of the molecule is CC(C)(CO)CCC(=O)c1nc(-c2ccccc2)n2c1CN(CC1CC1)CC2. The van der Waals surface area contributed by atoms with E-state index in [-0.39, 0.29) is 17.8 Å². The fourth-order valence-electron chi connectivity index (χ4n) is 3.92. The minimum atomic E-state index is -0.240. The number of nitrogens with zero attached hydrogens (tertiary/aromatic N) is 3. The number of rotatable bonds is 8. The third-order valence-corrected chi connectivity index (χ3v) is 6.05. The van der Waals surface area contributed by atoms with Crippen LogP contribution in [0.1, 0.15) is 55.7 Å². The van der Waals surface area contributed by atoms with Gasteiger partial charge < -0.3 is 9.67 Å². The van der Waals surface area contributed by atoms with Crippen LogP contribution in [0.15, 0.2) is 30.3 Å². The van der Waals surface area contributed by atoms with E-state index < -0.39 is 0 Å². The van der Waals surface area contributed by atoms with E-state index in [2.05, 4.69) is 21.6 Å². The summed E-state index contributed by atoms with van der Waals surface area (Å²) in [6.07, 6.45) is 3.77. The Hall–Kier alpha value is -1.98. The first-order valence-electron chi connectivity index (χ1n) is 10.5. The van der Waals surface area contributed by atoms with Crippen molar-refractivity contribution in [2.45, 2.75) is 52.6 Å². The van der Waals surface area contributed by atoms with Gasteiger partial charge >= 0.3 is 0 Å². The number of hydrogen-bond acceptors (Lipinski definition) is 4. The largest absolute Gasteiger partial charge is 0.396 e. The molecule has 1 N–H and O–H groups in total. The fourth-order valence-corrected chi connectivity index (χ4v) is 3.92. The molecule has 2 aliphatic rings. The average Bonchev–Trinajstić information content (AvgIpc) is 3.44. The summed E-state index contributed by atoms with van der Waals surface area (Å²) in [5, 5.41) is 9.51. The molecular weight excluding hydrogens is 350 g/mol. The van der Waals surface area contributed by atoms with Gasteiger partial charge in [0.05, 0.1) is 5.69 Å². The first-order chi connectivity index (χ1) is 13.5. The number of aromatic nitrogens is 2. The van der Waals surface area contributed by atoms with Gasteiger partial charge in [-0.3, -0.25) is 9.69 Å². The average molecular weight is 382 g/mol. The number of benzene rings is 1. The van der Waals surface area contributed by atoms with Gasteiger partial charge in [0.25, 0.3) is 0 Å². The number of aliphatic hydroxyl groups excluding tert-OH is 1. The number of ketones is 1. The lowest BCUT2D eigenvalue weighted by Crippen LogP contribution is -2.35. The molecule has 0 amide bonds. The van der Waals surface area contributed by atoms with Crippen LogP contribution in [0, 0.1) is 11.3 Å². The van der Waals surface area contributed by atoms with E-state index in [1.54, 1.807) is 0 Å². The molecule has 1 fully saturated rings. The predicted octanol–water partition coefficient (Wildman–Crippen LogP) is 3.76. The molecule has 5 nitrogen and oxygen atoms in total. The summed E-state index contributed by atoms with van der Waals surface area (Å²) in [6, 6.07) is 10.2. The van der Waals surface area contributed by atoms with Crippen LogP contribution in [0.4, 0.5) is 0 Å². The first-order valence-corrected chi connectivity index (χ1v) is 10.5. The molecule has 2 aromatic rings. The third-order valence-electron chi connectivity index (χ3n) is 6.05. The topological polar surface area (TPSA) is 58.4 Å². The van der Waals surface area contributed by atoms with Crippen molar-refractivity contribution in [1.29, 1.82) is 0 Å². The standard InChI is InChI=1S/C23H31N3O2/c1-23(2,16-27)11-10-20(28)21-19-15-25(14-17-8-9-17)12-13-26(19)22(24-21)18-6-4-3-5-7-18/h3-7,17,27H,8-16H2,1-2H3. The number of carbonyl (C=O) groups is 1. The van der Waals surface area contributed by atoms with Crippen LogP contribution in [-0.2, 0) is 13.1 Å². The number of Topliss-reactive ketones (excluding diaryl/α,β-unsaturated/α-hetero) is 1. The van der Waals surface area contributed by atoms with Crippen LogP contribution in [0.5, 0.6) is 0 Å². The Balaban J connectivity index is 1.63. The molecule has 1 aromatic heterocycles. The van der Waals surface area contributed by atoms with E-state index >= 15 is 0 Å². The molecule has 0 bridgehead atoms. The van der Waals surface area contributed by atoms with Crippen molar-refractivity contribution in [3.63, 3.8) is 0 Å². The van der Waals surface area contributed by atoms with Crippen LogP contribution >= 0.6 is 0 Å². The van der Waals surface area contributed by atoms with Crippen molar-refractivity contribution in [2.75, 3.05) is 19.7 Å². The van der Waals surface area contributed by atoms with Crippen LogP contribution < -0.4 is 0 Å². The molecule has 28 heavy (non-hydrogen) atoms. The van der Waals surface area contributed by atoms with E-state index in [0.717, 1.165) is 49.2 Å². The second kappa shape index (κ2) is 7.80. The van der Waals surface area contributed by atoms with Crippen molar-refractivity contribution in [3.05, 3.63) is 41.7 Å². The summed E-state index contributed by atoms with van der Waals surface area (Å²) in [4.78, 5) is 20.4. The highest BCUT2D eigenvalue weighted by molar-refractivity contribution is 5.96. The lowest BCUT2D eigenvalue weighted by molar-refractivity contribution is 0.0925. The van der Waals surface area contributed by atoms with Crippen LogP contribution in [-0.4, -0.2) is 45.0 Å². The van der Waals surface area contributed by atoms with Crippen molar-refractivity contribution in [2.24, 2.45) is 11.3 Å². The molecule has 1 aromatic carbocycles. The zero-order valence-corrected chi connectivity index (χ0v) is 17.0. The Bertz CT molecular complexity index is 837. The second-order valence-electron chi connectivity index (χ2n) is 9.17. The molecule has 0 spiro atoms. The number of imidazole rings is 1. The molecule has 0 unspecified atom stereocenters. The minimum Gasteiger partial charge on any atom is -0.396 e. The van der Waals surface area contributed by atoms with Gasteiger partial charge in [-0.2, -0.15) is 0 Å². The van der Waals surface area contributed by atoms with Gasteiger partial charge in [-0.05, 0) is 30.6 Å². The van der Waals surface area contributed by atoms with Gasteiger partial charge in [-0.1, -0.05) is 44.2 Å². The number of hydrogen-bond donors (Lipinski definition) is 1. The van der Waals surface area contributed by atoms with Gasteiger partial charge in [0.15, 0.2) is 5.78 Å². The Morgan fingerprint density at radius 1 is 1.21 bits per heavy atom. The van der Waals surface area contributed by atoms with Crippen LogP contribution in [0.2, 0.25) is 0 Å². The zero-order chi connectivity index (χ0) is 19.7.